The number of nitrogens with zero attached hydrogens (tertiary/aromatic N) is 4. The van der Waals surface area contributed by atoms with Crippen LogP contribution >= 0.6 is 24.0 Å². The van der Waals surface area contributed by atoms with Gasteiger partial charge < -0.3 is 20.3 Å². The molecule has 1 aromatic heterocycles. The first-order valence-electron chi connectivity index (χ1n) is 9.85. The van der Waals surface area contributed by atoms with Gasteiger partial charge in [0, 0.05) is 51.5 Å². The number of rotatable bonds is 6. The molecular formula is C21H33IN6O. The van der Waals surface area contributed by atoms with Crippen molar-refractivity contribution in [2.75, 3.05) is 38.7 Å². The molecule has 0 amide bonds. The van der Waals surface area contributed by atoms with E-state index in [1.54, 1.807) is 7.11 Å². The van der Waals surface area contributed by atoms with Crippen molar-refractivity contribution in [3.05, 3.63) is 41.2 Å². The number of hydrogen-bond donors (Lipinski definition) is 2. The van der Waals surface area contributed by atoms with Crippen LogP contribution in [-0.4, -0.2) is 49.5 Å². The Hall–Kier alpha value is -1.97. The summed E-state index contributed by atoms with van der Waals surface area (Å²) < 4.78 is 7.43. The summed E-state index contributed by atoms with van der Waals surface area (Å²) in [6.07, 6.45) is 1.16. The Morgan fingerprint density at radius 1 is 1.28 bits per heavy atom. The van der Waals surface area contributed by atoms with Gasteiger partial charge >= 0.3 is 0 Å². The second-order valence-corrected chi connectivity index (χ2v) is 7.35. The molecular weight excluding hydrogens is 479 g/mol. The number of halogens is 1. The van der Waals surface area contributed by atoms with E-state index >= 15 is 0 Å². The molecule has 2 N–H and O–H groups in total. The van der Waals surface area contributed by atoms with Crippen LogP contribution in [0.15, 0.2) is 29.3 Å². The van der Waals surface area contributed by atoms with Gasteiger partial charge in [-0.2, -0.15) is 5.10 Å². The van der Waals surface area contributed by atoms with E-state index in [9.17, 15) is 0 Å². The number of ether oxygens (including phenoxy) is 1. The number of anilines is 1. The zero-order chi connectivity index (χ0) is 20.1. The zero-order valence-electron chi connectivity index (χ0n) is 18.0. The molecule has 160 valence electrons. The van der Waals surface area contributed by atoms with Gasteiger partial charge in [-0.25, -0.2) is 0 Å². The lowest BCUT2D eigenvalue weighted by atomic mass is 10.1. The average Bonchev–Trinajstić information content (AvgIpc) is 3.27. The van der Waals surface area contributed by atoms with Gasteiger partial charge in [-0.1, -0.05) is 12.1 Å². The molecule has 1 aliphatic heterocycles. The Kier molecular flexibility index (Phi) is 8.60. The standard InChI is InChI=1S/C21H32N6O.HI/c1-15-18(16(2)26(4)25-15)13-24-21(22-3)23-12-17-10-11-27(14-17)19-8-6-7-9-20(19)28-5;/h6-9,17H,10-14H2,1-5H3,(H2,22,23,24);1H. The lowest BCUT2D eigenvalue weighted by Gasteiger charge is -2.21. The quantitative estimate of drug-likeness (QED) is 0.354. The maximum Gasteiger partial charge on any atom is 0.191 e. The predicted molar refractivity (Wildman–Crippen MR) is 130 cm³/mol. The molecule has 1 fully saturated rings. The van der Waals surface area contributed by atoms with Gasteiger partial charge in [-0.15, -0.1) is 24.0 Å². The van der Waals surface area contributed by atoms with Crippen molar-refractivity contribution in [2.24, 2.45) is 18.0 Å². The third-order valence-electron chi connectivity index (χ3n) is 5.58. The predicted octanol–water partition coefficient (Wildman–Crippen LogP) is 2.86. The van der Waals surface area contributed by atoms with E-state index < -0.39 is 0 Å². The van der Waals surface area contributed by atoms with Crippen LogP contribution in [0.3, 0.4) is 0 Å². The topological polar surface area (TPSA) is 66.7 Å². The molecule has 7 nitrogen and oxygen atoms in total. The highest BCUT2D eigenvalue weighted by molar-refractivity contribution is 14.0. The third-order valence-corrected chi connectivity index (χ3v) is 5.58. The summed E-state index contributed by atoms with van der Waals surface area (Å²) in [4.78, 5) is 6.77. The first-order chi connectivity index (χ1) is 13.5. The molecule has 2 heterocycles. The highest BCUT2D eigenvalue weighted by Gasteiger charge is 2.24. The van der Waals surface area contributed by atoms with E-state index in [4.69, 9.17) is 4.74 Å². The van der Waals surface area contributed by atoms with Gasteiger partial charge in [0.2, 0.25) is 0 Å². The number of guanidine groups is 1. The first kappa shape index (κ1) is 23.3. The number of benzene rings is 1. The van der Waals surface area contributed by atoms with Gasteiger partial charge in [-0.3, -0.25) is 9.67 Å². The molecule has 29 heavy (non-hydrogen) atoms. The van der Waals surface area contributed by atoms with Crippen LogP contribution in [0.1, 0.15) is 23.4 Å². The Labute approximate surface area is 190 Å². The second-order valence-electron chi connectivity index (χ2n) is 7.35. The van der Waals surface area contributed by atoms with E-state index in [1.807, 2.05) is 37.8 Å². The Bertz CT molecular complexity index is 835. The van der Waals surface area contributed by atoms with E-state index in [2.05, 4.69) is 44.7 Å². The van der Waals surface area contributed by atoms with Crippen molar-refractivity contribution < 1.29 is 4.74 Å². The SMILES string of the molecule is CN=C(NCc1c(C)nn(C)c1C)NCC1CCN(c2ccccc2OC)C1.I. The van der Waals surface area contributed by atoms with Crippen LogP contribution in [-0.2, 0) is 13.6 Å². The van der Waals surface area contributed by atoms with Gasteiger partial charge in [0.15, 0.2) is 5.96 Å². The van der Waals surface area contributed by atoms with Gasteiger partial charge in [-0.05, 0) is 38.3 Å². The molecule has 0 saturated carbocycles. The molecule has 0 radical (unpaired) electrons. The number of methoxy groups -OCH3 is 1. The van der Waals surface area contributed by atoms with Crippen molar-refractivity contribution in [1.82, 2.24) is 20.4 Å². The molecule has 1 saturated heterocycles. The molecule has 3 rings (SSSR count). The monoisotopic (exact) mass is 512 g/mol. The van der Waals surface area contributed by atoms with Gasteiger partial charge in [0.05, 0.1) is 18.5 Å². The fraction of sp³-hybridized carbons (Fsp3) is 0.524. The molecule has 0 aliphatic carbocycles. The fourth-order valence-corrected chi connectivity index (χ4v) is 3.82. The van der Waals surface area contributed by atoms with Crippen molar-refractivity contribution in [2.45, 2.75) is 26.8 Å². The molecule has 1 aliphatic rings. The maximum atomic E-state index is 5.51. The van der Waals surface area contributed by atoms with Crippen molar-refractivity contribution in [3.8, 4) is 5.75 Å². The molecule has 1 atom stereocenters. The lowest BCUT2D eigenvalue weighted by Crippen LogP contribution is -2.40. The van der Waals surface area contributed by atoms with Crippen molar-refractivity contribution >= 4 is 35.6 Å². The molecule has 1 aromatic carbocycles. The van der Waals surface area contributed by atoms with Crippen LogP contribution < -0.4 is 20.3 Å². The van der Waals surface area contributed by atoms with Crippen LogP contribution in [0.4, 0.5) is 5.69 Å². The summed E-state index contributed by atoms with van der Waals surface area (Å²) in [5.74, 6) is 2.35. The number of nitrogens with one attached hydrogen (secondary N) is 2. The van der Waals surface area contributed by atoms with E-state index in [0.717, 1.165) is 50.0 Å². The van der Waals surface area contributed by atoms with E-state index in [0.29, 0.717) is 5.92 Å². The summed E-state index contributed by atoms with van der Waals surface area (Å²) in [6.45, 7) is 7.83. The zero-order valence-corrected chi connectivity index (χ0v) is 20.4. The summed E-state index contributed by atoms with van der Waals surface area (Å²) in [6, 6.07) is 8.24. The number of aromatic nitrogens is 2. The van der Waals surface area contributed by atoms with E-state index in [-0.39, 0.29) is 24.0 Å². The minimum absolute atomic E-state index is 0. The highest BCUT2D eigenvalue weighted by atomic mass is 127. The normalized spacial score (nSPS) is 16.5. The average molecular weight is 512 g/mol. The van der Waals surface area contributed by atoms with E-state index in [1.165, 1.54) is 16.9 Å². The molecule has 8 heteroatoms. The van der Waals surface area contributed by atoms with Crippen LogP contribution in [0.2, 0.25) is 0 Å². The summed E-state index contributed by atoms with van der Waals surface area (Å²) in [5.41, 5.74) is 4.65. The number of para-hydroxylation sites is 2. The number of aliphatic imine (C=N–C) groups is 1. The fourth-order valence-electron chi connectivity index (χ4n) is 3.82. The largest absolute Gasteiger partial charge is 0.495 e. The molecule has 0 bridgehead atoms. The Morgan fingerprint density at radius 3 is 2.69 bits per heavy atom. The summed E-state index contributed by atoms with van der Waals surface area (Å²) >= 11 is 0. The number of aryl methyl sites for hydroxylation is 2. The lowest BCUT2D eigenvalue weighted by molar-refractivity contribution is 0.414. The number of hydrogen-bond acceptors (Lipinski definition) is 4. The minimum Gasteiger partial charge on any atom is -0.495 e. The minimum atomic E-state index is 0. The molecule has 0 spiro atoms. The Morgan fingerprint density at radius 2 is 2.03 bits per heavy atom. The molecule has 2 aromatic rings. The molecule has 1 unspecified atom stereocenters. The smallest absolute Gasteiger partial charge is 0.191 e. The van der Waals surface area contributed by atoms with Crippen LogP contribution in [0.25, 0.3) is 0 Å². The first-order valence-corrected chi connectivity index (χ1v) is 9.85. The highest BCUT2D eigenvalue weighted by Crippen LogP contribution is 2.31. The summed E-state index contributed by atoms with van der Waals surface area (Å²) in [5, 5.41) is 11.4. The third kappa shape index (κ3) is 5.55. The van der Waals surface area contributed by atoms with Crippen molar-refractivity contribution in [3.63, 3.8) is 0 Å². The maximum absolute atomic E-state index is 5.51. The van der Waals surface area contributed by atoms with Gasteiger partial charge in [0.1, 0.15) is 5.75 Å². The Balaban J connectivity index is 0.00000300. The van der Waals surface area contributed by atoms with Crippen LogP contribution in [0, 0.1) is 19.8 Å². The second kappa shape index (κ2) is 10.7. The summed E-state index contributed by atoms with van der Waals surface area (Å²) in [7, 11) is 5.52. The van der Waals surface area contributed by atoms with Crippen LogP contribution in [0.5, 0.6) is 5.75 Å². The van der Waals surface area contributed by atoms with Crippen molar-refractivity contribution in [1.29, 1.82) is 0 Å². The van der Waals surface area contributed by atoms with Gasteiger partial charge in [0.25, 0.3) is 0 Å².